The molecule has 0 aliphatic carbocycles. The lowest BCUT2D eigenvalue weighted by molar-refractivity contribution is 0.129. The van der Waals surface area contributed by atoms with Gasteiger partial charge in [-0.2, -0.15) is 0 Å². The SMILES string of the molecule is CC(C)CCC(C)NC(=O)N1CCCCC1CCO. The standard InChI is InChI=1S/C15H30N2O2/c1-12(2)7-8-13(3)16-15(19)17-10-5-4-6-14(17)9-11-18/h12-14,18H,4-11H2,1-3H3,(H,16,19). The summed E-state index contributed by atoms with van der Waals surface area (Å²) in [5.74, 6) is 0.677. The van der Waals surface area contributed by atoms with Crippen LogP contribution in [0.3, 0.4) is 0 Å². The van der Waals surface area contributed by atoms with E-state index in [1.807, 2.05) is 4.90 Å². The Morgan fingerprint density at radius 2 is 2.05 bits per heavy atom. The van der Waals surface area contributed by atoms with E-state index in [-0.39, 0.29) is 24.7 Å². The molecule has 2 amide bonds. The molecule has 1 saturated heterocycles. The number of aliphatic hydroxyl groups excluding tert-OH is 1. The van der Waals surface area contributed by atoms with Crippen molar-refractivity contribution in [3.63, 3.8) is 0 Å². The number of piperidine rings is 1. The number of amides is 2. The molecular formula is C15H30N2O2. The fourth-order valence-corrected chi connectivity index (χ4v) is 2.67. The third-order valence-electron chi connectivity index (χ3n) is 3.90. The van der Waals surface area contributed by atoms with Crippen molar-refractivity contribution in [2.75, 3.05) is 13.2 Å². The van der Waals surface area contributed by atoms with E-state index in [2.05, 4.69) is 26.1 Å². The molecule has 2 atom stereocenters. The highest BCUT2D eigenvalue weighted by atomic mass is 16.3. The fraction of sp³-hybridized carbons (Fsp3) is 0.933. The second-order valence-corrected chi connectivity index (χ2v) is 6.18. The summed E-state index contributed by atoms with van der Waals surface area (Å²) in [6.07, 6.45) is 6.14. The van der Waals surface area contributed by atoms with E-state index in [0.29, 0.717) is 12.3 Å². The Hall–Kier alpha value is -0.770. The van der Waals surface area contributed by atoms with E-state index in [0.717, 1.165) is 38.6 Å². The molecule has 2 unspecified atom stereocenters. The largest absolute Gasteiger partial charge is 0.396 e. The van der Waals surface area contributed by atoms with Gasteiger partial charge in [-0.1, -0.05) is 13.8 Å². The summed E-state index contributed by atoms with van der Waals surface area (Å²) in [6, 6.07) is 0.497. The van der Waals surface area contributed by atoms with Gasteiger partial charge >= 0.3 is 6.03 Å². The van der Waals surface area contributed by atoms with Crippen molar-refractivity contribution in [1.82, 2.24) is 10.2 Å². The highest BCUT2D eigenvalue weighted by Gasteiger charge is 2.26. The van der Waals surface area contributed by atoms with E-state index in [9.17, 15) is 4.79 Å². The lowest BCUT2D eigenvalue weighted by atomic mass is 10.00. The number of nitrogens with one attached hydrogen (secondary N) is 1. The van der Waals surface area contributed by atoms with Gasteiger partial charge in [-0.05, 0) is 51.4 Å². The van der Waals surface area contributed by atoms with Gasteiger partial charge in [0, 0.05) is 25.2 Å². The summed E-state index contributed by atoms with van der Waals surface area (Å²) in [7, 11) is 0. The molecule has 4 heteroatoms. The number of likely N-dealkylation sites (tertiary alicyclic amines) is 1. The first-order valence-corrected chi connectivity index (χ1v) is 7.72. The van der Waals surface area contributed by atoms with Crippen LogP contribution in [-0.2, 0) is 0 Å². The van der Waals surface area contributed by atoms with Crippen LogP contribution in [0.4, 0.5) is 4.79 Å². The number of hydrogen-bond acceptors (Lipinski definition) is 2. The first kappa shape index (κ1) is 16.3. The van der Waals surface area contributed by atoms with Crippen LogP contribution in [-0.4, -0.2) is 41.3 Å². The number of hydrogen-bond donors (Lipinski definition) is 2. The number of carbonyl (C=O) groups excluding carboxylic acids is 1. The Balaban J connectivity index is 2.41. The maximum Gasteiger partial charge on any atom is 0.317 e. The lowest BCUT2D eigenvalue weighted by Gasteiger charge is -2.36. The summed E-state index contributed by atoms with van der Waals surface area (Å²) in [5.41, 5.74) is 0. The molecule has 0 saturated carbocycles. The van der Waals surface area contributed by atoms with Crippen molar-refractivity contribution in [2.45, 2.75) is 71.4 Å². The Morgan fingerprint density at radius 3 is 2.68 bits per heavy atom. The van der Waals surface area contributed by atoms with Gasteiger partial charge in [-0.25, -0.2) is 4.79 Å². The molecule has 19 heavy (non-hydrogen) atoms. The number of rotatable bonds is 6. The van der Waals surface area contributed by atoms with E-state index in [4.69, 9.17) is 5.11 Å². The number of nitrogens with zero attached hydrogens (tertiary/aromatic N) is 1. The predicted molar refractivity (Wildman–Crippen MR) is 78.1 cm³/mol. The molecule has 112 valence electrons. The smallest absolute Gasteiger partial charge is 0.317 e. The average molecular weight is 270 g/mol. The van der Waals surface area contributed by atoms with E-state index in [1.54, 1.807) is 0 Å². The molecule has 0 aromatic carbocycles. The zero-order valence-corrected chi connectivity index (χ0v) is 12.7. The molecule has 0 aromatic rings. The number of carbonyl (C=O) groups is 1. The first-order chi connectivity index (χ1) is 9.04. The molecule has 1 aliphatic rings. The second kappa shape index (κ2) is 8.41. The lowest BCUT2D eigenvalue weighted by Crippen LogP contribution is -2.51. The van der Waals surface area contributed by atoms with Gasteiger partial charge in [-0.3, -0.25) is 0 Å². The highest BCUT2D eigenvalue weighted by molar-refractivity contribution is 5.75. The van der Waals surface area contributed by atoms with Crippen LogP contribution >= 0.6 is 0 Å². The molecule has 0 spiro atoms. The van der Waals surface area contributed by atoms with Gasteiger partial charge in [-0.15, -0.1) is 0 Å². The normalized spacial score (nSPS) is 21.5. The van der Waals surface area contributed by atoms with Crippen molar-refractivity contribution in [1.29, 1.82) is 0 Å². The van der Waals surface area contributed by atoms with Crippen molar-refractivity contribution in [3.05, 3.63) is 0 Å². The fourth-order valence-electron chi connectivity index (χ4n) is 2.67. The Bertz CT molecular complexity index is 267. The van der Waals surface area contributed by atoms with Crippen LogP contribution in [0.15, 0.2) is 0 Å². The van der Waals surface area contributed by atoms with E-state index < -0.39 is 0 Å². The summed E-state index contributed by atoms with van der Waals surface area (Å²) in [6.45, 7) is 7.48. The topological polar surface area (TPSA) is 52.6 Å². The third-order valence-corrected chi connectivity index (χ3v) is 3.90. The zero-order chi connectivity index (χ0) is 14.3. The molecule has 0 aromatic heterocycles. The maximum atomic E-state index is 12.3. The van der Waals surface area contributed by atoms with Crippen molar-refractivity contribution >= 4 is 6.03 Å². The Kier molecular flexibility index (Phi) is 7.21. The van der Waals surface area contributed by atoms with Crippen molar-refractivity contribution < 1.29 is 9.90 Å². The van der Waals surface area contributed by atoms with Crippen LogP contribution in [0.2, 0.25) is 0 Å². The first-order valence-electron chi connectivity index (χ1n) is 7.72. The van der Waals surface area contributed by atoms with Crippen molar-refractivity contribution in [3.8, 4) is 0 Å². The minimum atomic E-state index is 0.0504. The Labute approximate surface area is 117 Å². The van der Waals surface area contributed by atoms with Crippen LogP contribution in [0.1, 0.15) is 59.3 Å². The molecule has 4 nitrogen and oxygen atoms in total. The summed E-state index contributed by atoms with van der Waals surface area (Å²) >= 11 is 0. The van der Waals surface area contributed by atoms with Gasteiger partial charge in [0.1, 0.15) is 0 Å². The summed E-state index contributed by atoms with van der Waals surface area (Å²) in [5, 5.41) is 12.2. The van der Waals surface area contributed by atoms with Crippen LogP contribution in [0.5, 0.6) is 0 Å². The van der Waals surface area contributed by atoms with Crippen LogP contribution < -0.4 is 5.32 Å². The number of urea groups is 1. The quantitative estimate of drug-likeness (QED) is 0.779. The zero-order valence-electron chi connectivity index (χ0n) is 12.7. The molecule has 1 aliphatic heterocycles. The maximum absolute atomic E-state index is 12.3. The summed E-state index contributed by atoms with van der Waals surface area (Å²) in [4.78, 5) is 14.2. The molecule has 1 rings (SSSR count). The minimum Gasteiger partial charge on any atom is -0.396 e. The predicted octanol–water partition coefficient (Wildman–Crippen LogP) is 2.76. The molecule has 0 radical (unpaired) electrons. The van der Waals surface area contributed by atoms with Gasteiger partial charge in [0.25, 0.3) is 0 Å². The molecule has 1 fully saturated rings. The van der Waals surface area contributed by atoms with Gasteiger partial charge in [0.2, 0.25) is 0 Å². The van der Waals surface area contributed by atoms with E-state index >= 15 is 0 Å². The molecule has 1 heterocycles. The van der Waals surface area contributed by atoms with E-state index in [1.165, 1.54) is 0 Å². The van der Waals surface area contributed by atoms with Gasteiger partial charge < -0.3 is 15.3 Å². The van der Waals surface area contributed by atoms with Gasteiger partial charge in [0.15, 0.2) is 0 Å². The van der Waals surface area contributed by atoms with Crippen LogP contribution in [0, 0.1) is 5.92 Å². The third kappa shape index (κ3) is 5.81. The summed E-state index contributed by atoms with van der Waals surface area (Å²) < 4.78 is 0. The molecular weight excluding hydrogens is 240 g/mol. The minimum absolute atomic E-state index is 0.0504. The monoisotopic (exact) mass is 270 g/mol. The van der Waals surface area contributed by atoms with Gasteiger partial charge in [0.05, 0.1) is 0 Å². The number of aliphatic hydroxyl groups is 1. The molecule has 2 N–H and O–H groups in total. The average Bonchev–Trinajstić information content (AvgIpc) is 2.37. The van der Waals surface area contributed by atoms with Crippen molar-refractivity contribution in [2.24, 2.45) is 5.92 Å². The van der Waals surface area contributed by atoms with Crippen LogP contribution in [0.25, 0.3) is 0 Å². The second-order valence-electron chi connectivity index (χ2n) is 6.18. The molecule has 0 bridgehead atoms. The Morgan fingerprint density at radius 1 is 1.32 bits per heavy atom. The highest BCUT2D eigenvalue weighted by Crippen LogP contribution is 2.19.